The van der Waals surface area contributed by atoms with Gasteiger partial charge >= 0.3 is 0 Å². The van der Waals surface area contributed by atoms with Crippen molar-refractivity contribution in [3.05, 3.63) is 35.9 Å². The molecule has 1 aromatic carbocycles. The molecule has 0 saturated carbocycles. The van der Waals surface area contributed by atoms with Crippen LogP contribution in [0.4, 0.5) is 0 Å². The van der Waals surface area contributed by atoms with E-state index in [2.05, 4.69) is 41.5 Å². The summed E-state index contributed by atoms with van der Waals surface area (Å²) in [4.78, 5) is 4.54. The maximum atomic E-state index is 5.50. The normalized spacial score (nSPS) is 20.7. The Hall–Kier alpha value is -1.00. The van der Waals surface area contributed by atoms with E-state index in [0.29, 0.717) is 6.04 Å². The van der Waals surface area contributed by atoms with Gasteiger partial charge in [-0.2, -0.15) is 0 Å². The van der Waals surface area contributed by atoms with Gasteiger partial charge in [0.2, 0.25) is 0 Å². The Morgan fingerprint density at radius 3 is 2.95 bits per heavy atom. The molecule has 1 heterocycles. The molecule has 1 saturated heterocycles. The number of aliphatic imine (C=N–C) groups is 1. The average Bonchev–Trinajstić information content (AvgIpc) is 2.92. The van der Waals surface area contributed by atoms with Crippen LogP contribution < -0.4 is 5.32 Å². The van der Waals surface area contributed by atoms with Crippen LogP contribution in [0.3, 0.4) is 0 Å². The van der Waals surface area contributed by atoms with Crippen LogP contribution in [0.25, 0.3) is 0 Å². The summed E-state index contributed by atoms with van der Waals surface area (Å²) < 4.78 is 5.50. The summed E-state index contributed by atoms with van der Waals surface area (Å²) in [6.45, 7) is 4.50. The van der Waals surface area contributed by atoms with Crippen molar-refractivity contribution in [2.45, 2.75) is 25.8 Å². The van der Waals surface area contributed by atoms with Crippen LogP contribution >= 0.6 is 11.8 Å². The van der Waals surface area contributed by atoms with E-state index in [1.54, 1.807) is 11.8 Å². The monoisotopic (exact) mass is 278 g/mol. The fraction of sp³-hybridized carbons (Fsp3) is 0.533. The zero-order valence-corrected chi connectivity index (χ0v) is 12.3. The Morgan fingerprint density at radius 2 is 2.16 bits per heavy atom. The molecule has 0 aromatic heterocycles. The van der Waals surface area contributed by atoms with E-state index in [9.17, 15) is 0 Å². The third-order valence-electron chi connectivity index (χ3n) is 3.02. The van der Waals surface area contributed by atoms with Crippen molar-refractivity contribution < 1.29 is 4.74 Å². The lowest BCUT2D eigenvalue weighted by molar-refractivity contribution is 0.139. The Labute approximate surface area is 119 Å². The molecule has 2 rings (SSSR count). The topological polar surface area (TPSA) is 33.6 Å². The van der Waals surface area contributed by atoms with Crippen LogP contribution in [0.2, 0.25) is 0 Å². The first kappa shape index (κ1) is 14.4. The molecule has 19 heavy (non-hydrogen) atoms. The third-order valence-corrected chi connectivity index (χ3v) is 4.04. The number of nitrogens with one attached hydrogen (secondary N) is 1. The van der Waals surface area contributed by atoms with Crippen LogP contribution in [0.5, 0.6) is 0 Å². The number of rotatable bonds is 7. The Kier molecular flexibility index (Phi) is 6.24. The highest BCUT2D eigenvalue weighted by Crippen LogP contribution is 2.25. The first-order chi connectivity index (χ1) is 9.40. The maximum absolute atomic E-state index is 5.50. The van der Waals surface area contributed by atoms with Crippen molar-refractivity contribution >= 4 is 16.9 Å². The molecule has 1 aliphatic heterocycles. The highest BCUT2D eigenvalue weighted by Gasteiger charge is 2.21. The van der Waals surface area contributed by atoms with Gasteiger partial charge in [0, 0.05) is 12.4 Å². The zero-order valence-electron chi connectivity index (χ0n) is 11.5. The lowest BCUT2D eigenvalue weighted by Gasteiger charge is -2.09. The molecule has 1 fully saturated rings. The fourth-order valence-electron chi connectivity index (χ4n) is 1.91. The van der Waals surface area contributed by atoms with Crippen LogP contribution in [-0.4, -0.2) is 30.7 Å². The predicted molar refractivity (Wildman–Crippen MR) is 82.8 cm³/mol. The molecule has 1 N–H and O–H groups in total. The standard InChI is InChI=1S/C15H22N2OS/c1-2-3-10-18-11-9-16-15-17-14(12-19-15)13-7-5-4-6-8-13/h4-8,14H,2-3,9-12H2,1H3,(H,16,17). The molecule has 4 heteroatoms. The van der Waals surface area contributed by atoms with Gasteiger partial charge in [0.05, 0.1) is 19.2 Å². The van der Waals surface area contributed by atoms with Crippen LogP contribution in [0.1, 0.15) is 31.4 Å². The molecule has 104 valence electrons. The summed E-state index contributed by atoms with van der Waals surface area (Å²) in [7, 11) is 0. The molecule has 0 amide bonds. The van der Waals surface area contributed by atoms with Gasteiger partial charge in [-0.05, 0) is 12.0 Å². The van der Waals surface area contributed by atoms with Crippen molar-refractivity contribution in [1.29, 1.82) is 0 Å². The first-order valence-electron chi connectivity index (χ1n) is 6.96. The van der Waals surface area contributed by atoms with E-state index in [1.165, 1.54) is 12.0 Å². The van der Waals surface area contributed by atoms with Gasteiger partial charge in [0.1, 0.15) is 0 Å². The largest absolute Gasteiger partial charge is 0.380 e. The summed E-state index contributed by atoms with van der Waals surface area (Å²) in [5.41, 5.74) is 1.33. The number of thioether (sulfide) groups is 1. The van der Waals surface area contributed by atoms with Crippen molar-refractivity contribution in [2.24, 2.45) is 4.99 Å². The molecular formula is C15H22N2OS. The van der Waals surface area contributed by atoms with E-state index in [-0.39, 0.29) is 0 Å². The summed E-state index contributed by atoms with van der Waals surface area (Å²) in [5, 5.41) is 4.52. The molecule has 1 atom stereocenters. The molecule has 0 spiro atoms. The predicted octanol–water partition coefficient (Wildman–Crippen LogP) is 3.24. The number of ether oxygens (including phenoxy) is 1. The number of benzene rings is 1. The molecule has 0 aliphatic carbocycles. The Bertz CT molecular complexity index is 394. The molecular weight excluding hydrogens is 256 g/mol. The van der Waals surface area contributed by atoms with E-state index in [1.807, 2.05) is 6.07 Å². The number of amidine groups is 1. The second kappa shape index (κ2) is 8.23. The average molecular weight is 278 g/mol. The molecule has 0 bridgehead atoms. The van der Waals surface area contributed by atoms with E-state index in [0.717, 1.165) is 37.1 Å². The van der Waals surface area contributed by atoms with Crippen molar-refractivity contribution in [2.75, 3.05) is 25.5 Å². The summed E-state index contributed by atoms with van der Waals surface area (Å²) in [6.07, 6.45) is 2.32. The molecule has 3 nitrogen and oxygen atoms in total. The SMILES string of the molecule is CCCCOCCN=C1NC(c2ccccc2)CS1. The van der Waals surface area contributed by atoms with Gasteiger partial charge in [0.15, 0.2) is 5.17 Å². The highest BCUT2D eigenvalue weighted by atomic mass is 32.2. The number of hydrogen-bond acceptors (Lipinski definition) is 3. The van der Waals surface area contributed by atoms with Crippen molar-refractivity contribution in [1.82, 2.24) is 5.32 Å². The minimum Gasteiger partial charge on any atom is -0.380 e. The van der Waals surface area contributed by atoms with E-state index >= 15 is 0 Å². The van der Waals surface area contributed by atoms with Gasteiger partial charge in [-0.15, -0.1) is 0 Å². The summed E-state index contributed by atoms with van der Waals surface area (Å²) in [5.74, 6) is 1.06. The van der Waals surface area contributed by atoms with Crippen LogP contribution in [-0.2, 0) is 4.74 Å². The molecule has 1 unspecified atom stereocenters. The van der Waals surface area contributed by atoms with Gasteiger partial charge in [0.25, 0.3) is 0 Å². The van der Waals surface area contributed by atoms with Crippen LogP contribution in [0, 0.1) is 0 Å². The Morgan fingerprint density at radius 1 is 1.32 bits per heavy atom. The smallest absolute Gasteiger partial charge is 0.157 e. The van der Waals surface area contributed by atoms with Gasteiger partial charge in [-0.1, -0.05) is 55.4 Å². The highest BCUT2D eigenvalue weighted by molar-refractivity contribution is 8.14. The van der Waals surface area contributed by atoms with E-state index in [4.69, 9.17) is 4.74 Å². The Balaban J connectivity index is 1.70. The number of nitrogens with zero attached hydrogens (tertiary/aromatic N) is 1. The lowest BCUT2D eigenvalue weighted by atomic mass is 10.1. The van der Waals surface area contributed by atoms with Crippen LogP contribution in [0.15, 0.2) is 35.3 Å². The van der Waals surface area contributed by atoms with Crippen molar-refractivity contribution in [3.63, 3.8) is 0 Å². The number of hydrogen-bond donors (Lipinski definition) is 1. The quantitative estimate of drug-likeness (QED) is 0.777. The minimum absolute atomic E-state index is 0.394. The molecule has 1 aromatic rings. The van der Waals surface area contributed by atoms with Crippen molar-refractivity contribution in [3.8, 4) is 0 Å². The second-order valence-electron chi connectivity index (χ2n) is 4.57. The summed E-state index contributed by atoms with van der Waals surface area (Å²) in [6, 6.07) is 10.9. The lowest BCUT2D eigenvalue weighted by Crippen LogP contribution is -2.19. The van der Waals surface area contributed by atoms with Gasteiger partial charge in [-0.3, -0.25) is 4.99 Å². The van der Waals surface area contributed by atoms with E-state index < -0.39 is 0 Å². The molecule has 1 aliphatic rings. The second-order valence-corrected chi connectivity index (χ2v) is 5.58. The third kappa shape index (κ3) is 4.88. The minimum atomic E-state index is 0.394. The fourth-order valence-corrected chi connectivity index (χ4v) is 2.92. The van der Waals surface area contributed by atoms with Gasteiger partial charge < -0.3 is 10.1 Å². The maximum Gasteiger partial charge on any atom is 0.157 e. The molecule has 0 radical (unpaired) electrons. The first-order valence-corrected chi connectivity index (χ1v) is 7.95. The zero-order chi connectivity index (χ0) is 13.3. The number of unbranched alkanes of at least 4 members (excludes halogenated alkanes) is 1. The van der Waals surface area contributed by atoms with Gasteiger partial charge in [-0.25, -0.2) is 0 Å². The summed E-state index contributed by atoms with van der Waals surface area (Å²) >= 11 is 1.80.